The number of primary amides is 1. The maximum absolute atomic E-state index is 13.6. The van der Waals surface area contributed by atoms with E-state index in [4.69, 9.17) is 5.73 Å². The van der Waals surface area contributed by atoms with Gasteiger partial charge in [-0.3, -0.25) is 4.79 Å². The number of fused-ring (bicyclic) bond motifs is 1. The van der Waals surface area contributed by atoms with Gasteiger partial charge in [0.1, 0.15) is 5.82 Å². The van der Waals surface area contributed by atoms with E-state index in [0.717, 1.165) is 42.4 Å². The van der Waals surface area contributed by atoms with Crippen LogP contribution in [0.25, 0.3) is 0 Å². The highest BCUT2D eigenvalue weighted by molar-refractivity contribution is 5.77. The average molecular weight is 454 g/mol. The van der Waals surface area contributed by atoms with E-state index in [9.17, 15) is 18.0 Å². The lowest BCUT2D eigenvalue weighted by atomic mass is 9.97. The Kier molecular flexibility index (Phi) is 6.74. The molecule has 4 rings (SSSR count). The molecule has 5 nitrogen and oxygen atoms in total. The first kappa shape index (κ1) is 22.9. The summed E-state index contributed by atoms with van der Waals surface area (Å²) in [5.41, 5.74) is 9.43. The normalized spacial score (nSPS) is 13.5. The van der Waals surface area contributed by atoms with Gasteiger partial charge in [0.25, 0.3) is 0 Å². The number of amides is 1. The van der Waals surface area contributed by atoms with Crippen molar-refractivity contribution in [3.05, 3.63) is 93.6 Å². The molecule has 2 aromatic carbocycles. The molecule has 3 N–H and O–H groups in total. The van der Waals surface area contributed by atoms with Crippen molar-refractivity contribution < 1.29 is 18.0 Å². The lowest BCUT2D eigenvalue weighted by Crippen LogP contribution is -2.23. The van der Waals surface area contributed by atoms with E-state index < -0.39 is 17.6 Å². The Balaban J connectivity index is 1.58. The van der Waals surface area contributed by atoms with Crippen molar-refractivity contribution >= 4 is 5.91 Å². The number of hydrogen-bond acceptors (Lipinski definition) is 4. The number of carbonyl (C=O) groups excluding carboxylic acids is 1. The minimum absolute atomic E-state index is 0.0384. The second kappa shape index (κ2) is 9.70. The molecule has 0 atom stereocenters. The fourth-order valence-corrected chi connectivity index (χ4v) is 4.21. The first-order chi connectivity index (χ1) is 15.8. The van der Waals surface area contributed by atoms with Crippen molar-refractivity contribution in [2.24, 2.45) is 5.73 Å². The number of nitrogens with two attached hydrogens (primary N) is 1. The fourth-order valence-electron chi connectivity index (χ4n) is 4.21. The third-order valence-corrected chi connectivity index (χ3v) is 5.86. The number of nitrogens with zero attached hydrogens (tertiary/aromatic N) is 2. The molecule has 1 aromatic heterocycles. The standard InChI is InChI=1S/C25H25F3N4O/c26-25(27,28)21-15-31-24(12-16-5-6-20-14-30-10-9-19(20)11-16)32-22(21)8-7-17-3-1-2-4-18(17)13-23(29)33/h1-6,11,15,30H,7-10,12-14H2,(H2,29,33). The zero-order chi connectivity index (χ0) is 23.4. The molecule has 0 unspecified atom stereocenters. The van der Waals surface area contributed by atoms with Crippen LogP contribution in [0.5, 0.6) is 0 Å². The number of halogens is 3. The van der Waals surface area contributed by atoms with Crippen LogP contribution in [0.2, 0.25) is 0 Å². The van der Waals surface area contributed by atoms with Crippen LogP contribution in [0.15, 0.2) is 48.7 Å². The van der Waals surface area contributed by atoms with Crippen LogP contribution in [0.3, 0.4) is 0 Å². The van der Waals surface area contributed by atoms with E-state index in [1.165, 1.54) is 11.1 Å². The number of carbonyl (C=O) groups is 1. The Labute approximate surface area is 190 Å². The smallest absolute Gasteiger partial charge is 0.369 e. The second-order valence-electron chi connectivity index (χ2n) is 8.26. The van der Waals surface area contributed by atoms with E-state index >= 15 is 0 Å². The fraction of sp³-hybridized carbons (Fsp3) is 0.320. The molecule has 3 aromatic rings. The Morgan fingerprint density at radius 1 is 1.06 bits per heavy atom. The topological polar surface area (TPSA) is 80.9 Å². The van der Waals surface area contributed by atoms with E-state index in [-0.39, 0.29) is 18.5 Å². The van der Waals surface area contributed by atoms with Crippen molar-refractivity contribution in [2.45, 2.75) is 44.8 Å². The predicted octanol–water partition coefficient (Wildman–Crippen LogP) is 3.54. The van der Waals surface area contributed by atoms with Crippen LogP contribution in [0.4, 0.5) is 13.2 Å². The first-order valence-corrected chi connectivity index (χ1v) is 10.9. The summed E-state index contributed by atoms with van der Waals surface area (Å²) >= 11 is 0. The molecular formula is C25H25F3N4O. The van der Waals surface area contributed by atoms with Gasteiger partial charge in [0, 0.05) is 19.2 Å². The lowest BCUT2D eigenvalue weighted by molar-refractivity contribution is -0.138. The first-order valence-electron chi connectivity index (χ1n) is 10.9. The number of benzene rings is 2. The van der Waals surface area contributed by atoms with E-state index in [1.807, 2.05) is 6.07 Å². The molecule has 0 saturated heterocycles. The van der Waals surface area contributed by atoms with Crippen molar-refractivity contribution in [1.29, 1.82) is 0 Å². The zero-order valence-corrected chi connectivity index (χ0v) is 18.1. The largest absolute Gasteiger partial charge is 0.419 e. The maximum atomic E-state index is 13.6. The molecule has 1 aliphatic rings. The van der Waals surface area contributed by atoms with Crippen molar-refractivity contribution in [3.8, 4) is 0 Å². The Morgan fingerprint density at radius 2 is 1.85 bits per heavy atom. The van der Waals surface area contributed by atoms with E-state index in [0.29, 0.717) is 18.7 Å². The molecule has 8 heteroatoms. The minimum atomic E-state index is -4.54. The lowest BCUT2D eigenvalue weighted by Gasteiger charge is -2.18. The zero-order valence-electron chi connectivity index (χ0n) is 18.1. The molecule has 0 aliphatic carbocycles. The number of aryl methyl sites for hydroxylation is 2. The third-order valence-electron chi connectivity index (χ3n) is 5.86. The summed E-state index contributed by atoms with van der Waals surface area (Å²) in [6.45, 7) is 1.74. The summed E-state index contributed by atoms with van der Waals surface area (Å²) in [6.07, 6.45) is -1.93. The molecule has 2 heterocycles. The van der Waals surface area contributed by atoms with Gasteiger partial charge in [-0.15, -0.1) is 0 Å². The second-order valence-corrected chi connectivity index (χ2v) is 8.26. The quantitative estimate of drug-likeness (QED) is 0.572. The van der Waals surface area contributed by atoms with Crippen LogP contribution >= 0.6 is 0 Å². The summed E-state index contributed by atoms with van der Waals surface area (Å²) in [6, 6.07) is 13.3. The third kappa shape index (κ3) is 5.76. The van der Waals surface area contributed by atoms with Gasteiger partial charge in [0.05, 0.1) is 17.7 Å². The molecule has 0 fully saturated rings. The molecule has 0 saturated carbocycles. The predicted molar refractivity (Wildman–Crippen MR) is 118 cm³/mol. The molecule has 0 radical (unpaired) electrons. The molecule has 1 amide bonds. The molecule has 172 valence electrons. The Bertz CT molecular complexity index is 1160. The highest BCUT2D eigenvalue weighted by atomic mass is 19.4. The van der Waals surface area contributed by atoms with Gasteiger partial charge >= 0.3 is 6.18 Å². The van der Waals surface area contributed by atoms with Gasteiger partial charge in [-0.1, -0.05) is 42.5 Å². The summed E-state index contributed by atoms with van der Waals surface area (Å²) < 4.78 is 40.9. The Morgan fingerprint density at radius 3 is 2.61 bits per heavy atom. The molecule has 33 heavy (non-hydrogen) atoms. The number of alkyl halides is 3. The van der Waals surface area contributed by atoms with Crippen LogP contribution in [-0.2, 0) is 49.6 Å². The summed E-state index contributed by atoms with van der Waals surface area (Å²) in [5.74, 6) is -0.124. The summed E-state index contributed by atoms with van der Waals surface area (Å²) in [5, 5.41) is 3.32. The van der Waals surface area contributed by atoms with Crippen LogP contribution < -0.4 is 11.1 Å². The SMILES string of the molecule is NC(=O)Cc1ccccc1CCc1nc(Cc2ccc3c(c2)CCNC3)ncc1C(F)(F)F. The Hall–Kier alpha value is -3.26. The molecule has 0 bridgehead atoms. The highest BCUT2D eigenvalue weighted by Gasteiger charge is 2.34. The van der Waals surface area contributed by atoms with E-state index in [1.54, 1.807) is 24.3 Å². The number of nitrogens with one attached hydrogen (secondary N) is 1. The van der Waals surface area contributed by atoms with Gasteiger partial charge in [-0.05, 0) is 53.6 Å². The highest BCUT2D eigenvalue weighted by Crippen LogP contribution is 2.32. The van der Waals surface area contributed by atoms with Crippen LogP contribution in [0, 0.1) is 0 Å². The average Bonchev–Trinajstić information content (AvgIpc) is 2.77. The summed E-state index contributed by atoms with van der Waals surface area (Å²) in [7, 11) is 0. The monoisotopic (exact) mass is 454 g/mol. The van der Waals surface area contributed by atoms with Gasteiger partial charge in [-0.25, -0.2) is 9.97 Å². The number of rotatable bonds is 7. The molecule has 0 spiro atoms. The van der Waals surface area contributed by atoms with Gasteiger partial charge in [0.15, 0.2) is 0 Å². The molecular weight excluding hydrogens is 429 g/mol. The number of hydrogen-bond donors (Lipinski definition) is 2. The van der Waals surface area contributed by atoms with E-state index in [2.05, 4.69) is 27.4 Å². The van der Waals surface area contributed by atoms with Crippen molar-refractivity contribution in [3.63, 3.8) is 0 Å². The van der Waals surface area contributed by atoms with Gasteiger partial charge in [-0.2, -0.15) is 13.2 Å². The molecule has 1 aliphatic heterocycles. The number of aromatic nitrogens is 2. The minimum Gasteiger partial charge on any atom is -0.369 e. The maximum Gasteiger partial charge on any atom is 0.419 e. The van der Waals surface area contributed by atoms with Crippen molar-refractivity contribution in [2.75, 3.05) is 6.54 Å². The van der Waals surface area contributed by atoms with Crippen LogP contribution in [-0.4, -0.2) is 22.4 Å². The summed E-state index contributed by atoms with van der Waals surface area (Å²) in [4.78, 5) is 19.7. The van der Waals surface area contributed by atoms with Crippen LogP contribution in [0.1, 0.15) is 44.9 Å². The van der Waals surface area contributed by atoms with Gasteiger partial charge in [0.2, 0.25) is 5.91 Å². The van der Waals surface area contributed by atoms with Crippen molar-refractivity contribution in [1.82, 2.24) is 15.3 Å². The van der Waals surface area contributed by atoms with Gasteiger partial charge < -0.3 is 11.1 Å².